The van der Waals surface area contributed by atoms with Gasteiger partial charge < -0.3 is 29.0 Å². The van der Waals surface area contributed by atoms with Gasteiger partial charge in [0.2, 0.25) is 0 Å². The van der Waals surface area contributed by atoms with Crippen LogP contribution in [0.15, 0.2) is 52.1 Å². The average molecular weight is 569 g/mol. The second kappa shape index (κ2) is 10.2. The highest BCUT2D eigenvalue weighted by Gasteiger charge is 2.45. The molecule has 1 spiro atoms. The van der Waals surface area contributed by atoms with Crippen molar-refractivity contribution < 1.29 is 27.2 Å². The number of anilines is 2. The number of aromatic nitrogens is 3. The van der Waals surface area contributed by atoms with Crippen LogP contribution in [0.1, 0.15) is 18.4 Å². The maximum absolute atomic E-state index is 13.9. The van der Waals surface area contributed by atoms with Gasteiger partial charge in [-0.25, -0.2) is 8.42 Å². The number of sulfonamides is 1. The number of benzene rings is 2. The fourth-order valence-electron chi connectivity index (χ4n) is 5.77. The number of piperidine rings is 1. The monoisotopic (exact) mass is 568 g/mol. The van der Waals surface area contributed by atoms with Crippen molar-refractivity contribution in [2.45, 2.75) is 24.3 Å². The van der Waals surface area contributed by atoms with Crippen molar-refractivity contribution in [3.63, 3.8) is 0 Å². The van der Waals surface area contributed by atoms with Crippen molar-refractivity contribution in [1.82, 2.24) is 20.3 Å². The molecule has 6 rings (SSSR count). The van der Waals surface area contributed by atoms with Gasteiger partial charge in [-0.1, -0.05) is 5.16 Å². The number of nitrogens with one attached hydrogen (secondary N) is 2. The molecule has 13 heteroatoms. The molecule has 40 heavy (non-hydrogen) atoms. The second-order valence-corrected chi connectivity index (χ2v) is 11.9. The number of ether oxygens (including phenoxy) is 3. The van der Waals surface area contributed by atoms with Crippen LogP contribution in [0.2, 0.25) is 0 Å². The Bertz CT molecular complexity index is 1620. The van der Waals surface area contributed by atoms with E-state index in [1.165, 1.54) is 21.3 Å². The SMILES string of the molecule is COc1ccc(N2CC3(CCNCC3)C2)c(OC)c1S(=O)(=O)Nc1noc2cc(Cn3cccn3)cc(OC)c12. The van der Waals surface area contributed by atoms with Gasteiger partial charge in [0.15, 0.2) is 22.0 Å². The van der Waals surface area contributed by atoms with E-state index in [0.29, 0.717) is 29.0 Å². The minimum absolute atomic E-state index is 0.00427. The predicted molar refractivity (Wildman–Crippen MR) is 149 cm³/mol. The number of hydrogen-bond acceptors (Lipinski definition) is 10. The minimum atomic E-state index is -4.24. The third-order valence-corrected chi connectivity index (χ3v) is 9.14. The number of fused-ring (bicyclic) bond motifs is 1. The minimum Gasteiger partial charge on any atom is -0.496 e. The quantitative estimate of drug-likeness (QED) is 0.310. The van der Waals surface area contributed by atoms with E-state index in [-0.39, 0.29) is 27.6 Å². The summed E-state index contributed by atoms with van der Waals surface area (Å²) < 4.78 is 54.5. The standard InChI is InChI=1S/C27H32N6O6S/c1-36-20-6-5-19(32-16-27(17-32)7-10-28-11-8-27)24(38-3)25(20)40(34,35)31-26-23-21(37-2)13-18(14-22(23)39-30-26)15-33-12-4-9-29-33/h4-6,9,12-14,28H,7-8,10-11,15-17H2,1-3H3,(H,30,31). The average Bonchev–Trinajstić information content (AvgIpc) is 3.60. The molecule has 0 aliphatic carbocycles. The molecule has 0 radical (unpaired) electrons. The Balaban J connectivity index is 1.34. The van der Waals surface area contributed by atoms with Crippen molar-refractivity contribution in [2.75, 3.05) is 57.1 Å². The van der Waals surface area contributed by atoms with Crippen LogP contribution in [-0.2, 0) is 16.6 Å². The lowest BCUT2D eigenvalue weighted by Gasteiger charge is -2.53. The molecule has 4 aromatic rings. The van der Waals surface area contributed by atoms with Crippen molar-refractivity contribution in [3.05, 3.63) is 48.3 Å². The van der Waals surface area contributed by atoms with Gasteiger partial charge in [-0.05, 0) is 61.8 Å². The third-order valence-electron chi connectivity index (χ3n) is 7.76. The van der Waals surface area contributed by atoms with Gasteiger partial charge in [-0.15, -0.1) is 0 Å². The molecule has 0 amide bonds. The van der Waals surface area contributed by atoms with E-state index in [4.69, 9.17) is 18.7 Å². The molecule has 0 unspecified atom stereocenters. The topological polar surface area (TPSA) is 133 Å². The van der Waals surface area contributed by atoms with Crippen LogP contribution in [0.4, 0.5) is 11.5 Å². The summed E-state index contributed by atoms with van der Waals surface area (Å²) in [6.07, 6.45) is 5.73. The Morgan fingerprint density at radius 3 is 2.52 bits per heavy atom. The van der Waals surface area contributed by atoms with E-state index in [2.05, 4.69) is 25.2 Å². The Morgan fingerprint density at radius 2 is 1.85 bits per heavy atom. The van der Waals surface area contributed by atoms with Crippen LogP contribution in [0.5, 0.6) is 17.2 Å². The molecule has 12 nitrogen and oxygen atoms in total. The molecular formula is C27H32N6O6S. The highest BCUT2D eigenvalue weighted by atomic mass is 32.2. The Morgan fingerprint density at radius 1 is 1.07 bits per heavy atom. The summed E-state index contributed by atoms with van der Waals surface area (Å²) >= 11 is 0. The van der Waals surface area contributed by atoms with Gasteiger partial charge in [-0.3, -0.25) is 9.40 Å². The van der Waals surface area contributed by atoms with Gasteiger partial charge in [0.1, 0.15) is 16.9 Å². The molecule has 2 aliphatic rings. The largest absolute Gasteiger partial charge is 0.496 e. The number of nitrogens with zero attached hydrogens (tertiary/aromatic N) is 4. The zero-order chi connectivity index (χ0) is 27.9. The highest BCUT2D eigenvalue weighted by Crippen LogP contribution is 2.48. The molecule has 2 aliphatic heterocycles. The summed E-state index contributed by atoms with van der Waals surface area (Å²) in [5.41, 5.74) is 2.19. The summed E-state index contributed by atoms with van der Waals surface area (Å²) in [6.45, 7) is 4.16. The highest BCUT2D eigenvalue weighted by molar-refractivity contribution is 7.93. The van der Waals surface area contributed by atoms with Crippen LogP contribution >= 0.6 is 0 Å². The molecule has 0 atom stereocenters. The first-order valence-corrected chi connectivity index (χ1v) is 14.5. The molecule has 2 saturated heterocycles. The van der Waals surface area contributed by atoms with Crippen molar-refractivity contribution in [3.8, 4) is 17.2 Å². The number of rotatable bonds is 9. The van der Waals surface area contributed by atoms with E-state index >= 15 is 0 Å². The first-order valence-electron chi connectivity index (χ1n) is 13.0. The smallest absolute Gasteiger partial charge is 0.270 e. The lowest BCUT2D eigenvalue weighted by atomic mass is 9.72. The summed E-state index contributed by atoms with van der Waals surface area (Å²) in [7, 11) is 0.163. The fraction of sp³-hybridized carbons (Fsp3) is 0.407. The lowest BCUT2D eigenvalue weighted by molar-refractivity contribution is 0.149. The molecule has 2 aromatic heterocycles. The number of methoxy groups -OCH3 is 3. The first kappa shape index (κ1) is 26.3. The molecule has 0 bridgehead atoms. The van der Waals surface area contributed by atoms with Crippen LogP contribution in [0.3, 0.4) is 0 Å². The predicted octanol–water partition coefficient (Wildman–Crippen LogP) is 3.09. The van der Waals surface area contributed by atoms with Gasteiger partial charge >= 0.3 is 0 Å². The zero-order valence-corrected chi connectivity index (χ0v) is 23.5. The maximum Gasteiger partial charge on any atom is 0.270 e. The van der Waals surface area contributed by atoms with Gasteiger partial charge in [0.05, 0.1) is 33.6 Å². The molecule has 2 fully saturated rings. The molecule has 2 aromatic carbocycles. The molecular weight excluding hydrogens is 536 g/mol. The molecule has 0 saturated carbocycles. The van der Waals surface area contributed by atoms with Crippen LogP contribution in [0, 0.1) is 5.41 Å². The second-order valence-electron chi connectivity index (χ2n) is 10.3. The van der Waals surface area contributed by atoms with Crippen LogP contribution in [0.25, 0.3) is 11.0 Å². The van der Waals surface area contributed by atoms with Crippen molar-refractivity contribution >= 4 is 32.5 Å². The molecule has 2 N–H and O–H groups in total. The van der Waals surface area contributed by atoms with E-state index in [0.717, 1.165) is 44.6 Å². The summed E-state index contributed by atoms with van der Waals surface area (Å²) in [5.74, 6) is 0.798. The Labute approximate surface area is 232 Å². The third kappa shape index (κ3) is 4.58. The first-order chi connectivity index (χ1) is 19.4. The van der Waals surface area contributed by atoms with Crippen molar-refractivity contribution in [2.24, 2.45) is 5.41 Å². The Hall–Kier alpha value is -3.97. The van der Waals surface area contributed by atoms with Gasteiger partial charge in [0, 0.05) is 30.9 Å². The van der Waals surface area contributed by atoms with E-state index in [9.17, 15) is 8.42 Å². The van der Waals surface area contributed by atoms with Crippen molar-refractivity contribution in [1.29, 1.82) is 0 Å². The van der Waals surface area contributed by atoms with Crippen LogP contribution < -0.4 is 29.1 Å². The Kier molecular flexibility index (Phi) is 6.70. The summed E-state index contributed by atoms with van der Waals surface area (Å²) in [4.78, 5) is 2.06. The van der Waals surface area contributed by atoms with Crippen LogP contribution in [-0.4, -0.2) is 70.9 Å². The van der Waals surface area contributed by atoms with E-state index < -0.39 is 10.0 Å². The van der Waals surface area contributed by atoms with Gasteiger partial charge in [-0.2, -0.15) is 5.10 Å². The summed E-state index contributed by atoms with van der Waals surface area (Å²) in [6, 6.07) is 8.93. The molecule has 212 valence electrons. The zero-order valence-electron chi connectivity index (χ0n) is 22.6. The maximum atomic E-state index is 13.9. The normalized spacial score (nSPS) is 16.6. The summed E-state index contributed by atoms with van der Waals surface area (Å²) in [5, 5.41) is 12.1. The lowest BCUT2D eigenvalue weighted by Crippen LogP contribution is -2.60. The number of hydrogen-bond donors (Lipinski definition) is 2. The van der Waals surface area contributed by atoms with E-state index in [1.54, 1.807) is 29.1 Å². The van der Waals surface area contributed by atoms with E-state index in [1.807, 2.05) is 18.3 Å². The molecule has 4 heterocycles. The fourth-order valence-corrected chi connectivity index (χ4v) is 7.12. The van der Waals surface area contributed by atoms with Gasteiger partial charge in [0.25, 0.3) is 10.0 Å².